The van der Waals surface area contributed by atoms with E-state index in [4.69, 9.17) is 0 Å². The lowest BCUT2D eigenvalue weighted by Crippen LogP contribution is -2.15. The third-order valence-corrected chi connectivity index (χ3v) is 7.89. The summed E-state index contributed by atoms with van der Waals surface area (Å²) in [5.41, 5.74) is 5.20. The summed E-state index contributed by atoms with van der Waals surface area (Å²) in [6.07, 6.45) is 7.93. The average molecular weight is 540 g/mol. The second kappa shape index (κ2) is 10.6. The SMILES string of the molecule is Cc1ccc(C)c(NC(=O)c2c(N=Cc3ccc(Br)c([N+](=O)[O-])c3)sc3c2CCCCCC3)c1. The molecular weight excluding hydrogens is 514 g/mol. The molecule has 1 aliphatic carbocycles. The number of benzene rings is 2. The maximum absolute atomic E-state index is 13.6. The fourth-order valence-electron chi connectivity index (χ4n) is 4.17. The van der Waals surface area contributed by atoms with Gasteiger partial charge in [0, 0.05) is 22.8 Å². The van der Waals surface area contributed by atoms with Gasteiger partial charge in [-0.3, -0.25) is 14.9 Å². The second-order valence-electron chi connectivity index (χ2n) is 8.60. The minimum Gasteiger partial charge on any atom is -0.322 e. The number of aryl methyl sites for hydroxylation is 3. The first-order chi connectivity index (χ1) is 16.3. The van der Waals surface area contributed by atoms with Crippen LogP contribution < -0.4 is 5.32 Å². The molecule has 3 aromatic rings. The van der Waals surface area contributed by atoms with E-state index in [9.17, 15) is 14.9 Å². The van der Waals surface area contributed by atoms with Crippen molar-refractivity contribution in [2.24, 2.45) is 4.99 Å². The molecule has 4 rings (SSSR count). The zero-order chi connectivity index (χ0) is 24.2. The zero-order valence-corrected chi connectivity index (χ0v) is 21.6. The Morgan fingerprint density at radius 1 is 1.12 bits per heavy atom. The Balaban J connectivity index is 1.73. The van der Waals surface area contributed by atoms with Crippen LogP contribution in [0.2, 0.25) is 0 Å². The van der Waals surface area contributed by atoms with Gasteiger partial charge >= 0.3 is 0 Å². The lowest BCUT2D eigenvalue weighted by molar-refractivity contribution is -0.385. The average Bonchev–Trinajstić information content (AvgIpc) is 3.11. The van der Waals surface area contributed by atoms with Gasteiger partial charge in [0.1, 0.15) is 5.00 Å². The number of aliphatic imine (C=N–C) groups is 1. The van der Waals surface area contributed by atoms with Crippen LogP contribution in [0.3, 0.4) is 0 Å². The van der Waals surface area contributed by atoms with E-state index in [1.165, 1.54) is 17.4 Å². The highest BCUT2D eigenvalue weighted by Gasteiger charge is 2.24. The van der Waals surface area contributed by atoms with Crippen molar-refractivity contribution in [3.63, 3.8) is 0 Å². The predicted molar refractivity (Wildman–Crippen MR) is 142 cm³/mol. The molecule has 0 aliphatic heterocycles. The van der Waals surface area contributed by atoms with E-state index in [-0.39, 0.29) is 11.6 Å². The number of rotatable bonds is 5. The van der Waals surface area contributed by atoms with Crippen LogP contribution in [0.4, 0.5) is 16.4 Å². The number of fused-ring (bicyclic) bond motifs is 1. The third kappa shape index (κ3) is 5.45. The summed E-state index contributed by atoms with van der Waals surface area (Å²) in [6, 6.07) is 10.9. The molecule has 176 valence electrons. The van der Waals surface area contributed by atoms with Crippen molar-refractivity contribution in [3.8, 4) is 0 Å². The number of hydrogen-bond donors (Lipinski definition) is 1. The van der Waals surface area contributed by atoms with Crippen molar-refractivity contribution in [1.29, 1.82) is 0 Å². The van der Waals surface area contributed by atoms with Gasteiger partial charge in [-0.2, -0.15) is 0 Å². The van der Waals surface area contributed by atoms with Gasteiger partial charge in [0.05, 0.1) is 15.0 Å². The van der Waals surface area contributed by atoms with Crippen LogP contribution in [0.1, 0.15) is 63.2 Å². The van der Waals surface area contributed by atoms with Crippen molar-refractivity contribution in [3.05, 3.63) is 83.7 Å². The second-order valence-corrected chi connectivity index (χ2v) is 10.5. The van der Waals surface area contributed by atoms with E-state index in [2.05, 4.69) is 26.2 Å². The number of carbonyl (C=O) groups is 1. The third-order valence-electron chi connectivity index (χ3n) is 6.02. The van der Waals surface area contributed by atoms with Crippen LogP contribution >= 0.6 is 27.3 Å². The minimum atomic E-state index is -0.429. The van der Waals surface area contributed by atoms with Crippen LogP contribution in [-0.2, 0) is 12.8 Å². The van der Waals surface area contributed by atoms with Crippen LogP contribution in [-0.4, -0.2) is 17.0 Å². The van der Waals surface area contributed by atoms with E-state index in [1.54, 1.807) is 29.7 Å². The number of hydrogen-bond acceptors (Lipinski definition) is 5. The van der Waals surface area contributed by atoms with Gasteiger partial charge < -0.3 is 5.32 Å². The van der Waals surface area contributed by atoms with Gasteiger partial charge in [0.15, 0.2) is 0 Å². The van der Waals surface area contributed by atoms with Gasteiger partial charge in [-0.15, -0.1) is 11.3 Å². The summed E-state index contributed by atoms with van der Waals surface area (Å²) in [5, 5.41) is 15.1. The quantitative estimate of drug-likeness (QED) is 0.205. The Kier molecular flexibility index (Phi) is 7.58. The highest BCUT2D eigenvalue weighted by atomic mass is 79.9. The van der Waals surface area contributed by atoms with E-state index in [0.717, 1.165) is 54.5 Å². The summed E-state index contributed by atoms with van der Waals surface area (Å²) in [5.74, 6) is -0.152. The van der Waals surface area contributed by atoms with Crippen LogP contribution in [0.5, 0.6) is 0 Å². The Morgan fingerprint density at radius 3 is 2.65 bits per heavy atom. The summed E-state index contributed by atoms with van der Waals surface area (Å²) in [7, 11) is 0. The van der Waals surface area contributed by atoms with Gasteiger partial charge in [-0.1, -0.05) is 31.0 Å². The van der Waals surface area contributed by atoms with Crippen molar-refractivity contribution in [1.82, 2.24) is 0 Å². The molecule has 6 nitrogen and oxygen atoms in total. The number of carbonyl (C=O) groups excluding carboxylic acids is 1. The first kappa shape index (κ1) is 24.3. The number of nitrogens with one attached hydrogen (secondary N) is 1. The zero-order valence-electron chi connectivity index (χ0n) is 19.2. The molecule has 1 amide bonds. The molecule has 1 aromatic heterocycles. The largest absolute Gasteiger partial charge is 0.322 e. The standard InChI is InChI=1S/C26H26BrN3O3S/c1-16-9-10-17(2)21(13-16)29-25(31)24-19-7-5-3-4-6-8-23(19)34-26(24)28-15-18-11-12-20(27)22(14-18)30(32)33/h9-15H,3-8H2,1-2H3,(H,29,31). The highest BCUT2D eigenvalue weighted by molar-refractivity contribution is 9.10. The minimum absolute atomic E-state index is 0.0183. The molecule has 0 radical (unpaired) electrons. The molecule has 34 heavy (non-hydrogen) atoms. The van der Waals surface area contributed by atoms with E-state index in [0.29, 0.717) is 20.6 Å². The molecule has 1 N–H and O–H groups in total. The Bertz CT molecular complexity index is 1280. The molecule has 0 unspecified atom stereocenters. The number of halogens is 1. The van der Waals surface area contributed by atoms with Gasteiger partial charge in [0.2, 0.25) is 0 Å². The lowest BCUT2D eigenvalue weighted by atomic mass is 9.96. The molecule has 0 saturated heterocycles. The number of nitro benzene ring substituents is 1. The molecule has 1 aliphatic rings. The van der Waals surface area contributed by atoms with Crippen molar-refractivity contribution in [2.75, 3.05) is 5.32 Å². The van der Waals surface area contributed by atoms with Crippen LogP contribution in [0.25, 0.3) is 0 Å². The monoisotopic (exact) mass is 539 g/mol. The van der Waals surface area contributed by atoms with Crippen LogP contribution in [0, 0.1) is 24.0 Å². The molecule has 0 saturated carbocycles. The normalized spacial score (nSPS) is 13.9. The van der Waals surface area contributed by atoms with Crippen LogP contribution in [0.15, 0.2) is 45.9 Å². The van der Waals surface area contributed by atoms with Gasteiger partial charge in [-0.25, -0.2) is 4.99 Å². The summed E-state index contributed by atoms with van der Waals surface area (Å²) in [6.45, 7) is 3.98. The molecule has 0 fully saturated rings. The number of nitro groups is 1. The summed E-state index contributed by atoms with van der Waals surface area (Å²) in [4.78, 5) is 30.3. The topological polar surface area (TPSA) is 84.6 Å². The number of amides is 1. The van der Waals surface area contributed by atoms with Crippen molar-refractivity contribution >= 4 is 55.8 Å². The Hall–Kier alpha value is -2.84. The first-order valence-electron chi connectivity index (χ1n) is 11.3. The van der Waals surface area contributed by atoms with Crippen molar-refractivity contribution in [2.45, 2.75) is 52.4 Å². The number of thiophene rings is 1. The predicted octanol–water partition coefficient (Wildman–Crippen LogP) is 7.70. The number of nitrogens with zero attached hydrogens (tertiary/aromatic N) is 2. The number of anilines is 1. The summed E-state index contributed by atoms with van der Waals surface area (Å²) < 4.78 is 0.419. The van der Waals surface area contributed by atoms with Gasteiger partial charge in [-0.05, 0) is 89.8 Å². The molecule has 8 heteroatoms. The molecule has 0 bridgehead atoms. The fourth-order valence-corrected chi connectivity index (χ4v) is 5.79. The van der Waals surface area contributed by atoms with E-state index < -0.39 is 4.92 Å². The Labute approximate surface area is 211 Å². The lowest BCUT2D eigenvalue weighted by Gasteiger charge is -2.13. The maximum atomic E-state index is 13.6. The molecule has 2 aromatic carbocycles. The first-order valence-corrected chi connectivity index (χ1v) is 13.0. The molecule has 0 spiro atoms. The molecule has 0 atom stereocenters. The highest BCUT2D eigenvalue weighted by Crippen LogP contribution is 2.39. The smallest absolute Gasteiger partial charge is 0.284 e. The summed E-state index contributed by atoms with van der Waals surface area (Å²) >= 11 is 4.78. The van der Waals surface area contributed by atoms with Gasteiger partial charge in [0.25, 0.3) is 11.6 Å². The Morgan fingerprint density at radius 2 is 1.88 bits per heavy atom. The van der Waals surface area contributed by atoms with E-state index >= 15 is 0 Å². The molecular formula is C26H26BrN3O3S. The molecule has 1 heterocycles. The maximum Gasteiger partial charge on any atom is 0.284 e. The fraction of sp³-hybridized carbons (Fsp3) is 0.308. The van der Waals surface area contributed by atoms with Crippen molar-refractivity contribution < 1.29 is 9.72 Å². The van der Waals surface area contributed by atoms with E-state index in [1.807, 2.05) is 32.0 Å².